The molecule has 0 unspecified atom stereocenters. The number of hydrogen-bond donors (Lipinski definition) is 1. The van der Waals surface area contributed by atoms with Crippen LogP contribution in [0.3, 0.4) is 0 Å². The van der Waals surface area contributed by atoms with Gasteiger partial charge in [-0.2, -0.15) is 13.2 Å². The number of urea groups is 1. The fourth-order valence-electron chi connectivity index (χ4n) is 4.12. The van der Waals surface area contributed by atoms with Gasteiger partial charge in [-0.25, -0.2) is 4.79 Å². The molecule has 0 saturated heterocycles. The van der Waals surface area contributed by atoms with E-state index < -0.39 is 17.8 Å². The zero-order valence-corrected chi connectivity index (χ0v) is 18.2. The first-order valence-electron chi connectivity index (χ1n) is 9.95. The van der Waals surface area contributed by atoms with Crippen LogP contribution in [0.1, 0.15) is 5.56 Å². The molecule has 2 heterocycles. The molecule has 3 aromatic carbocycles. The molecule has 5 rings (SSSR count). The molecule has 0 atom stereocenters. The Morgan fingerprint density at radius 2 is 1.75 bits per heavy atom. The van der Waals surface area contributed by atoms with E-state index in [9.17, 15) is 18.0 Å². The van der Waals surface area contributed by atoms with E-state index in [1.54, 1.807) is 4.90 Å². The lowest BCUT2D eigenvalue weighted by atomic mass is 10.1. The molecule has 0 aliphatic carbocycles. The number of nitrogens with one attached hydrogen (secondary N) is 1. The molecule has 0 fully saturated rings. The number of anilines is 2. The third-order valence-electron chi connectivity index (χ3n) is 5.57. The molecular weight excluding hydrogens is 483 g/mol. The number of aromatic nitrogens is 1. The second-order valence-electron chi connectivity index (χ2n) is 7.56. The second-order valence-corrected chi connectivity index (χ2v) is 8.48. The number of halogens is 4. The summed E-state index contributed by atoms with van der Waals surface area (Å²) >= 11 is 3.51. The van der Waals surface area contributed by atoms with E-state index in [2.05, 4.69) is 31.9 Å². The van der Waals surface area contributed by atoms with Crippen molar-refractivity contribution >= 4 is 44.2 Å². The lowest BCUT2D eigenvalue weighted by Gasteiger charge is -2.23. The SMILES string of the molecule is O=C(Nc1cccc(C(F)(F)F)c1)N1CCn2c(cc3ccccc32)-c2cc(Br)ccc21. The fourth-order valence-corrected chi connectivity index (χ4v) is 4.48. The molecule has 1 aliphatic rings. The van der Waals surface area contributed by atoms with Crippen LogP contribution in [0.5, 0.6) is 0 Å². The van der Waals surface area contributed by atoms with Crippen molar-refractivity contribution in [2.75, 3.05) is 16.8 Å². The highest BCUT2D eigenvalue weighted by atomic mass is 79.9. The average Bonchev–Trinajstić information content (AvgIpc) is 3.05. The van der Waals surface area contributed by atoms with Crippen molar-refractivity contribution in [3.8, 4) is 11.3 Å². The van der Waals surface area contributed by atoms with Crippen LogP contribution in [0.2, 0.25) is 0 Å². The van der Waals surface area contributed by atoms with Crippen LogP contribution in [-0.2, 0) is 12.7 Å². The first-order valence-corrected chi connectivity index (χ1v) is 10.7. The highest BCUT2D eigenvalue weighted by Gasteiger charge is 2.31. The second kappa shape index (κ2) is 7.70. The van der Waals surface area contributed by atoms with Crippen LogP contribution in [0, 0.1) is 0 Å². The predicted octanol–water partition coefficient (Wildman–Crippen LogP) is 7.14. The Kier molecular flexibility index (Phi) is 4.97. The number of fused-ring (bicyclic) bond motifs is 5. The summed E-state index contributed by atoms with van der Waals surface area (Å²) in [5.74, 6) is 0. The maximum atomic E-state index is 13.2. The first kappa shape index (κ1) is 20.6. The number of hydrogen-bond acceptors (Lipinski definition) is 1. The van der Waals surface area contributed by atoms with Gasteiger partial charge >= 0.3 is 12.2 Å². The van der Waals surface area contributed by atoms with Gasteiger partial charge in [-0.15, -0.1) is 0 Å². The van der Waals surface area contributed by atoms with Gasteiger partial charge in [0.05, 0.1) is 16.9 Å². The Morgan fingerprint density at radius 3 is 2.56 bits per heavy atom. The van der Waals surface area contributed by atoms with Crippen molar-refractivity contribution in [2.45, 2.75) is 12.7 Å². The number of carbonyl (C=O) groups is 1. The lowest BCUT2D eigenvalue weighted by molar-refractivity contribution is -0.137. The Labute approximate surface area is 190 Å². The molecule has 1 aromatic heterocycles. The van der Waals surface area contributed by atoms with E-state index in [0.717, 1.165) is 38.8 Å². The minimum absolute atomic E-state index is 0.0952. The molecular formula is C24H17BrF3N3O. The molecule has 8 heteroatoms. The number of rotatable bonds is 1. The molecule has 1 aliphatic heterocycles. The smallest absolute Gasteiger partial charge is 0.339 e. The van der Waals surface area contributed by atoms with Crippen LogP contribution >= 0.6 is 15.9 Å². The van der Waals surface area contributed by atoms with Gasteiger partial charge in [-0.3, -0.25) is 4.90 Å². The van der Waals surface area contributed by atoms with E-state index in [1.165, 1.54) is 12.1 Å². The van der Waals surface area contributed by atoms with E-state index in [-0.39, 0.29) is 5.69 Å². The highest BCUT2D eigenvalue weighted by Crippen LogP contribution is 2.39. The number of benzene rings is 3. The summed E-state index contributed by atoms with van der Waals surface area (Å²) in [5, 5.41) is 3.74. The molecule has 4 nitrogen and oxygen atoms in total. The van der Waals surface area contributed by atoms with Crippen molar-refractivity contribution in [3.05, 3.63) is 82.8 Å². The minimum atomic E-state index is -4.48. The molecule has 2 amide bonds. The maximum Gasteiger partial charge on any atom is 0.416 e. The number of amides is 2. The summed E-state index contributed by atoms with van der Waals surface area (Å²) in [4.78, 5) is 14.8. The van der Waals surface area contributed by atoms with Crippen molar-refractivity contribution in [2.24, 2.45) is 0 Å². The summed E-state index contributed by atoms with van der Waals surface area (Å²) in [6, 6.07) is 19.9. The Balaban J connectivity index is 1.54. The van der Waals surface area contributed by atoms with Crippen molar-refractivity contribution < 1.29 is 18.0 Å². The lowest BCUT2D eigenvalue weighted by Crippen LogP contribution is -2.36. The molecule has 0 saturated carbocycles. The summed E-state index contributed by atoms with van der Waals surface area (Å²) < 4.78 is 42.2. The molecule has 162 valence electrons. The van der Waals surface area contributed by atoms with E-state index >= 15 is 0 Å². The van der Waals surface area contributed by atoms with Crippen LogP contribution < -0.4 is 10.2 Å². The zero-order chi connectivity index (χ0) is 22.5. The first-order chi connectivity index (χ1) is 15.3. The summed E-state index contributed by atoms with van der Waals surface area (Å²) in [5.41, 5.74) is 2.90. The third kappa shape index (κ3) is 3.64. The van der Waals surface area contributed by atoms with Crippen LogP contribution in [0.25, 0.3) is 22.2 Å². The van der Waals surface area contributed by atoms with Gasteiger partial charge < -0.3 is 9.88 Å². The van der Waals surface area contributed by atoms with Gasteiger partial charge in [-0.1, -0.05) is 40.2 Å². The van der Waals surface area contributed by atoms with Gasteiger partial charge in [0, 0.05) is 39.7 Å². The standard InChI is InChI=1S/C24H17BrF3N3O/c25-17-8-9-21-19(14-17)22-12-15-4-1-2-7-20(15)30(22)10-11-31(21)23(32)29-18-6-3-5-16(13-18)24(26,27)28/h1-9,12-14H,10-11H2,(H,29,32). The normalized spacial score (nSPS) is 13.4. The molecule has 4 aromatic rings. The molecule has 1 N–H and O–H groups in total. The Bertz CT molecular complexity index is 1350. The maximum absolute atomic E-state index is 13.2. The summed E-state index contributed by atoms with van der Waals surface area (Å²) in [6.45, 7) is 0.913. The minimum Gasteiger partial charge on any atom is -0.339 e. The van der Waals surface area contributed by atoms with E-state index in [1.807, 2.05) is 42.5 Å². The van der Waals surface area contributed by atoms with Crippen molar-refractivity contribution in [1.82, 2.24) is 4.57 Å². The number of alkyl halides is 3. The largest absolute Gasteiger partial charge is 0.416 e. The summed E-state index contributed by atoms with van der Waals surface area (Å²) in [7, 11) is 0. The quantitative estimate of drug-likeness (QED) is 0.296. The average molecular weight is 500 g/mol. The third-order valence-corrected chi connectivity index (χ3v) is 6.06. The van der Waals surface area contributed by atoms with Gasteiger partial charge in [-0.05, 0) is 48.5 Å². The number of nitrogens with zero attached hydrogens (tertiary/aromatic N) is 2. The molecule has 0 radical (unpaired) electrons. The topological polar surface area (TPSA) is 37.3 Å². The molecule has 0 bridgehead atoms. The van der Waals surface area contributed by atoms with Crippen LogP contribution in [-0.4, -0.2) is 17.1 Å². The molecule has 32 heavy (non-hydrogen) atoms. The number of para-hydroxylation sites is 1. The Morgan fingerprint density at radius 1 is 0.938 bits per heavy atom. The monoisotopic (exact) mass is 499 g/mol. The van der Waals surface area contributed by atoms with Crippen molar-refractivity contribution in [1.29, 1.82) is 0 Å². The predicted molar refractivity (Wildman–Crippen MR) is 123 cm³/mol. The van der Waals surface area contributed by atoms with Crippen molar-refractivity contribution in [3.63, 3.8) is 0 Å². The molecule has 0 spiro atoms. The van der Waals surface area contributed by atoms with Crippen LogP contribution in [0.15, 0.2) is 77.3 Å². The van der Waals surface area contributed by atoms with Crippen LogP contribution in [0.4, 0.5) is 29.3 Å². The highest BCUT2D eigenvalue weighted by molar-refractivity contribution is 9.10. The van der Waals surface area contributed by atoms with Gasteiger partial charge in [0.15, 0.2) is 0 Å². The van der Waals surface area contributed by atoms with E-state index in [4.69, 9.17) is 0 Å². The fraction of sp³-hybridized carbons (Fsp3) is 0.125. The number of carbonyl (C=O) groups excluding carboxylic acids is 1. The summed E-state index contributed by atoms with van der Waals surface area (Å²) in [6.07, 6.45) is -4.48. The van der Waals surface area contributed by atoms with Gasteiger partial charge in [0.25, 0.3) is 0 Å². The van der Waals surface area contributed by atoms with E-state index in [0.29, 0.717) is 18.8 Å². The zero-order valence-electron chi connectivity index (χ0n) is 16.7. The van der Waals surface area contributed by atoms with Gasteiger partial charge in [0.1, 0.15) is 0 Å². The Hall–Kier alpha value is -3.26. The van der Waals surface area contributed by atoms with Gasteiger partial charge in [0.2, 0.25) is 0 Å².